The quantitative estimate of drug-likeness (QED) is 0.297. The molecule has 0 atom stereocenters. The third kappa shape index (κ3) is 7.69. The fourth-order valence-electron chi connectivity index (χ4n) is 2.13. The van der Waals surface area contributed by atoms with Crippen molar-refractivity contribution in [2.45, 2.75) is 19.4 Å². The van der Waals surface area contributed by atoms with E-state index in [2.05, 4.69) is 31.2 Å². The first-order valence-corrected chi connectivity index (χ1v) is 7.80. The summed E-state index contributed by atoms with van der Waals surface area (Å²) in [6.07, 6.45) is 7.53. The van der Waals surface area contributed by atoms with Crippen LogP contribution in [0, 0.1) is 0 Å². The third-order valence-electron chi connectivity index (χ3n) is 3.26. The van der Waals surface area contributed by atoms with Crippen molar-refractivity contribution in [1.29, 1.82) is 0 Å². The lowest BCUT2D eigenvalue weighted by atomic mass is 10.1. The number of aryl methyl sites for hydroxylation is 1. The van der Waals surface area contributed by atoms with E-state index in [4.69, 9.17) is 11.6 Å². The van der Waals surface area contributed by atoms with Gasteiger partial charge < -0.3 is 15.2 Å². The number of aromatic nitrogens is 2. The normalized spacial score (nSPS) is 11.0. The summed E-state index contributed by atoms with van der Waals surface area (Å²) >= 11 is 5.98. The summed E-state index contributed by atoms with van der Waals surface area (Å²) in [4.78, 5) is 8.25. The van der Waals surface area contributed by atoms with E-state index in [1.165, 1.54) is 5.56 Å². The first-order chi connectivity index (χ1) is 10.8. The predicted molar refractivity (Wildman–Crippen MR) is 107 cm³/mol. The van der Waals surface area contributed by atoms with Crippen LogP contribution in [-0.4, -0.2) is 35.6 Å². The van der Waals surface area contributed by atoms with Crippen LogP contribution in [0.4, 0.5) is 0 Å². The number of guanidine groups is 1. The molecule has 1 aromatic heterocycles. The van der Waals surface area contributed by atoms with E-state index in [0.717, 1.165) is 43.5 Å². The van der Waals surface area contributed by atoms with Gasteiger partial charge in [0.2, 0.25) is 0 Å². The molecule has 0 saturated carbocycles. The zero-order valence-corrected chi connectivity index (χ0v) is 16.3. The topological polar surface area (TPSA) is 54.2 Å². The molecular weight excluding hydrogens is 425 g/mol. The molecule has 2 aromatic rings. The van der Waals surface area contributed by atoms with Crippen LogP contribution < -0.4 is 10.6 Å². The van der Waals surface area contributed by atoms with E-state index in [1.54, 1.807) is 13.2 Å². The molecule has 1 aromatic carbocycles. The van der Waals surface area contributed by atoms with E-state index < -0.39 is 0 Å². The smallest absolute Gasteiger partial charge is 0.190 e. The minimum absolute atomic E-state index is 0. The van der Waals surface area contributed by atoms with Gasteiger partial charge in [-0.1, -0.05) is 23.7 Å². The minimum atomic E-state index is 0. The van der Waals surface area contributed by atoms with Crippen LogP contribution in [0.3, 0.4) is 0 Å². The van der Waals surface area contributed by atoms with Crippen molar-refractivity contribution in [2.75, 3.05) is 20.1 Å². The van der Waals surface area contributed by atoms with Crippen molar-refractivity contribution >= 4 is 41.5 Å². The second kappa shape index (κ2) is 11.3. The number of rotatable bonds is 7. The Labute approximate surface area is 159 Å². The first kappa shape index (κ1) is 19.8. The maximum absolute atomic E-state index is 5.98. The summed E-state index contributed by atoms with van der Waals surface area (Å²) in [6, 6.07) is 7.93. The predicted octanol–water partition coefficient (Wildman–Crippen LogP) is 2.95. The van der Waals surface area contributed by atoms with E-state index in [-0.39, 0.29) is 24.0 Å². The summed E-state index contributed by atoms with van der Waals surface area (Å²) in [7, 11) is 1.78. The number of benzene rings is 1. The highest BCUT2D eigenvalue weighted by Gasteiger charge is 1.98. The second-order valence-corrected chi connectivity index (χ2v) is 5.40. The molecule has 126 valence electrons. The van der Waals surface area contributed by atoms with Crippen molar-refractivity contribution in [2.24, 2.45) is 4.99 Å². The first-order valence-electron chi connectivity index (χ1n) is 7.42. The molecule has 0 spiro atoms. The number of hydrogen-bond acceptors (Lipinski definition) is 2. The van der Waals surface area contributed by atoms with Crippen molar-refractivity contribution in [1.82, 2.24) is 20.2 Å². The number of nitrogens with zero attached hydrogens (tertiary/aromatic N) is 3. The molecular formula is C16H23ClIN5. The average Bonchev–Trinajstić information content (AvgIpc) is 3.03. The van der Waals surface area contributed by atoms with Crippen LogP contribution in [0.5, 0.6) is 0 Å². The molecule has 0 saturated heterocycles. The van der Waals surface area contributed by atoms with Crippen LogP contribution in [0.25, 0.3) is 0 Å². The monoisotopic (exact) mass is 447 g/mol. The zero-order valence-electron chi connectivity index (χ0n) is 13.2. The summed E-state index contributed by atoms with van der Waals surface area (Å²) in [5.74, 6) is 0.827. The van der Waals surface area contributed by atoms with Gasteiger partial charge in [0, 0.05) is 44.1 Å². The lowest BCUT2D eigenvalue weighted by Gasteiger charge is -2.12. The molecule has 0 aliphatic heterocycles. The van der Waals surface area contributed by atoms with Crippen molar-refractivity contribution < 1.29 is 0 Å². The van der Waals surface area contributed by atoms with Gasteiger partial charge in [-0.15, -0.1) is 24.0 Å². The van der Waals surface area contributed by atoms with Gasteiger partial charge >= 0.3 is 0 Å². The lowest BCUT2D eigenvalue weighted by Crippen LogP contribution is -2.38. The van der Waals surface area contributed by atoms with E-state index in [1.807, 2.05) is 30.7 Å². The third-order valence-corrected chi connectivity index (χ3v) is 3.50. The Morgan fingerprint density at radius 3 is 2.83 bits per heavy atom. The SMILES string of the molecule is CN=C(NCCCn1ccnc1)NCCc1cccc(Cl)c1.I. The highest BCUT2D eigenvalue weighted by Crippen LogP contribution is 2.10. The molecule has 23 heavy (non-hydrogen) atoms. The van der Waals surface area contributed by atoms with Gasteiger partial charge in [0.25, 0.3) is 0 Å². The van der Waals surface area contributed by atoms with Gasteiger partial charge in [0.1, 0.15) is 0 Å². The Hall–Kier alpha value is -1.28. The van der Waals surface area contributed by atoms with Crippen molar-refractivity contribution in [3.05, 3.63) is 53.6 Å². The average molecular weight is 448 g/mol. The van der Waals surface area contributed by atoms with E-state index in [9.17, 15) is 0 Å². The summed E-state index contributed by atoms with van der Waals surface area (Å²) < 4.78 is 2.07. The summed E-state index contributed by atoms with van der Waals surface area (Å²) in [5.41, 5.74) is 1.22. The van der Waals surface area contributed by atoms with Gasteiger partial charge in [-0.05, 0) is 30.5 Å². The maximum Gasteiger partial charge on any atom is 0.190 e. The fourth-order valence-corrected chi connectivity index (χ4v) is 2.34. The molecule has 2 N–H and O–H groups in total. The Morgan fingerprint density at radius 1 is 1.30 bits per heavy atom. The maximum atomic E-state index is 5.98. The number of halogens is 2. The lowest BCUT2D eigenvalue weighted by molar-refractivity contribution is 0.624. The van der Waals surface area contributed by atoms with Crippen LogP contribution in [-0.2, 0) is 13.0 Å². The molecule has 0 aliphatic carbocycles. The molecule has 0 amide bonds. The summed E-state index contributed by atoms with van der Waals surface area (Å²) in [6.45, 7) is 2.64. The largest absolute Gasteiger partial charge is 0.356 e. The standard InChI is InChI=1S/C16H22ClN5.HI/c1-18-16(20-7-3-10-22-11-9-19-13-22)21-8-6-14-4-2-5-15(17)12-14;/h2,4-5,9,11-13H,3,6-8,10H2,1H3,(H2,18,20,21);1H. The van der Waals surface area contributed by atoms with Crippen molar-refractivity contribution in [3.63, 3.8) is 0 Å². The van der Waals surface area contributed by atoms with Crippen LogP contribution in [0.1, 0.15) is 12.0 Å². The number of hydrogen-bond donors (Lipinski definition) is 2. The van der Waals surface area contributed by atoms with Gasteiger partial charge in [0.05, 0.1) is 6.33 Å². The van der Waals surface area contributed by atoms with Crippen molar-refractivity contribution in [3.8, 4) is 0 Å². The molecule has 0 bridgehead atoms. The molecule has 0 unspecified atom stereocenters. The highest BCUT2D eigenvalue weighted by atomic mass is 127. The molecule has 1 heterocycles. The highest BCUT2D eigenvalue weighted by molar-refractivity contribution is 14.0. The molecule has 0 fully saturated rings. The summed E-state index contributed by atoms with van der Waals surface area (Å²) in [5, 5.41) is 7.39. The minimum Gasteiger partial charge on any atom is -0.356 e. The van der Waals surface area contributed by atoms with Gasteiger partial charge in [-0.2, -0.15) is 0 Å². The van der Waals surface area contributed by atoms with Gasteiger partial charge in [0.15, 0.2) is 5.96 Å². The number of aliphatic imine (C=N–C) groups is 1. The number of nitrogens with one attached hydrogen (secondary N) is 2. The Bertz CT molecular complexity index is 586. The zero-order chi connectivity index (χ0) is 15.6. The van der Waals surface area contributed by atoms with Gasteiger partial charge in [-0.25, -0.2) is 4.98 Å². The molecule has 7 heteroatoms. The second-order valence-electron chi connectivity index (χ2n) is 4.96. The molecule has 5 nitrogen and oxygen atoms in total. The van der Waals surface area contributed by atoms with Crippen LogP contribution in [0.2, 0.25) is 5.02 Å². The Kier molecular flexibility index (Phi) is 9.70. The number of imidazole rings is 1. The Morgan fingerprint density at radius 2 is 2.13 bits per heavy atom. The molecule has 2 rings (SSSR count). The molecule has 0 aliphatic rings. The molecule has 0 radical (unpaired) electrons. The van der Waals surface area contributed by atoms with E-state index in [0.29, 0.717) is 0 Å². The Balaban J connectivity index is 0.00000264. The van der Waals surface area contributed by atoms with E-state index >= 15 is 0 Å². The van der Waals surface area contributed by atoms with Gasteiger partial charge in [-0.3, -0.25) is 4.99 Å². The van der Waals surface area contributed by atoms with Crippen LogP contribution in [0.15, 0.2) is 48.0 Å². The fraction of sp³-hybridized carbons (Fsp3) is 0.375. The van der Waals surface area contributed by atoms with Crippen LogP contribution >= 0.6 is 35.6 Å².